The minimum atomic E-state index is -0.553. The number of amides is 2. The summed E-state index contributed by atoms with van der Waals surface area (Å²) in [7, 11) is 0. The second-order valence-electron chi connectivity index (χ2n) is 7.34. The number of aromatic nitrogens is 1. The monoisotopic (exact) mass is 438 g/mol. The van der Waals surface area contributed by atoms with Crippen molar-refractivity contribution in [3.63, 3.8) is 0 Å². The number of nitro groups is 1. The second kappa shape index (κ2) is 9.94. The predicted molar refractivity (Wildman–Crippen MR) is 120 cm³/mol. The number of rotatable bonds is 8. The molecule has 0 bridgehead atoms. The first kappa shape index (κ1) is 22.1. The van der Waals surface area contributed by atoms with Gasteiger partial charge in [0.05, 0.1) is 10.6 Å². The van der Waals surface area contributed by atoms with Crippen LogP contribution in [-0.4, -0.2) is 39.7 Å². The summed E-state index contributed by atoms with van der Waals surface area (Å²) in [4.78, 5) is 41.8. The van der Waals surface area contributed by atoms with E-state index in [1.54, 1.807) is 0 Å². The van der Waals surface area contributed by atoms with Crippen LogP contribution in [0.15, 0.2) is 60.0 Å². The Morgan fingerprint density at radius 1 is 1.16 bits per heavy atom. The van der Waals surface area contributed by atoms with Gasteiger partial charge in [-0.2, -0.15) is 0 Å². The van der Waals surface area contributed by atoms with Crippen molar-refractivity contribution in [2.75, 3.05) is 18.4 Å². The van der Waals surface area contributed by atoms with E-state index in [-0.39, 0.29) is 29.6 Å². The molecule has 160 valence electrons. The van der Waals surface area contributed by atoms with Gasteiger partial charge in [0.15, 0.2) is 5.13 Å². The van der Waals surface area contributed by atoms with Crippen LogP contribution in [0.25, 0.3) is 11.3 Å². The number of non-ortho nitro benzene ring substituents is 1. The third-order valence-corrected chi connectivity index (χ3v) is 5.09. The van der Waals surface area contributed by atoms with Gasteiger partial charge in [0.1, 0.15) is 6.54 Å². The summed E-state index contributed by atoms with van der Waals surface area (Å²) in [5.41, 5.74) is 1.70. The highest BCUT2D eigenvalue weighted by Gasteiger charge is 2.22. The number of nitro benzene ring substituents is 1. The molecular formula is C22H22N4O4S. The average molecular weight is 439 g/mol. The Hall–Kier alpha value is -3.59. The van der Waals surface area contributed by atoms with Crippen molar-refractivity contribution in [2.24, 2.45) is 5.92 Å². The van der Waals surface area contributed by atoms with Gasteiger partial charge in [0.25, 0.3) is 11.6 Å². The fourth-order valence-corrected chi connectivity index (χ4v) is 3.74. The van der Waals surface area contributed by atoms with E-state index in [1.807, 2.05) is 49.6 Å². The van der Waals surface area contributed by atoms with Crippen LogP contribution in [0.5, 0.6) is 0 Å². The topological polar surface area (TPSA) is 105 Å². The van der Waals surface area contributed by atoms with E-state index in [0.29, 0.717) is 11.7 Å². The number of benzene rings is 2. The van der Waals surface area contributed by atoms with Crippen molar-refractivity contribution in [1.29, 1.82) is 0 Å². The number of hydrogen-bond acceptors (Lipinski definition) is 6. The van der Waals surface area contributed by atoms with Gasteiger partial charge < -0.3 is 10.2 Å². The van der Waals surface area contributed by atoms with Crippen LogP contribution in [0.1, 0.15) is 24.2 Å². The third-order valence-electron chi connectivity index (χ3n) is 4.33. The van der Waals surface area contributed by atoms with Gasteiger partial charge in [-0.1, -0.05) is 50.2 Å². The lowest BCUT2D eigenvalue weighted by molar-refractivity contribution is -0.384. The van der Waals surface area contributed by atoms with Crippen molar-refractivity contribution >= 4 is 34.0 Å². The quantitative estimate of drug-likeness (QED) is 0.413. The number of hydrogen-bond donors (Lipinski definition) is 1. The lowest BCUT2D eigenvalue weighted by Crippen LogP contribution is -2.40. The molecule has 0 aliphatic heterocycles. The van der Waals surface area contributed by atoms with Gasteiger partial charge in [0, 0.05) is 35.2 Å². The van der Waals surface area contributed by atoms with Gasteiger partial charge in [-0.15, -0.1) is 11.3 Å². The normalized spacial score (nSPS) is 10.7. The predicted octanol–water partition coefficient (Wildman–Crippen LogP) is 4.46. The molecule has 0 unspecified atom stereocenters. The van der Waals surface area contributed by atoms with Gasteiger partial charge in [0.2, 0.25) is 5.91 Å². The molecule has 1 N–H and O–H groups in total. The molecule has 0 radical (unpaired) electrons. The Kier molecular flexibility index (Phi) is 7.09. The molecule has 8 nitrogen and oxygen atoms in total. The van der Waals surface area contributed by atoms with Crippen LogP contribution in [0.3, 0.4) is 0 Å². The third kappa shape index (κ3) is 5.95. The van der Waals surface area contributed by atoms with Gasteiger partial charge in [-0.3, -0.25) is 19.7 Å². The van der Waals surface area contributed by atoms with Gasteiger partial charge in [-0.25, -0.2) is 4.98 Å². The average Bonchev–Trinajstić information content (AvgIpc) is 3.21. The Bertz CT molecular complexity index is 1080. The number of anilines is 1. The summed E-state index contributed by atoms with van der Waals surface area (Å²) in [5, 5.41) is 16.1. The summed E-state index contributed by atoms with van der Waals surface area (Å²) in [6.45, 7) is 4.01. The lowest BCUT2D eigenvalue weighted by atomic mass is 10.1. The van der Waals surface area contributed by atoms with Crippen molar-refractivity contribution < 1.29 is 14.5 Å². The lowest BCUT2D eigenvalue weighted by Gasteiger charge is -2.24. The summed E-state index contributed by atoms with van der Waals surface area (Å²) in [6, 6.07) is 15.1. The number of thiazole rings is 1. The minimum absolute atomic E-state index is 0.111. The van der Waals surface area contributed by atoms with Crippen molar-refractivity contribution in [3.8, 4) is 11.3 Å². The number of nitrogens with zero attached hydrogens (tertiary/aromatic N) is 3. The summed E-state index contributed by atoms with van der Waals surface area (Å²) in [6.07, 6.45) is 0. The second-order valence-corrected chi connectivity index (χ2v) is 8.20. The molecule has 3 rings (SSSR count). The Labute approximate surface area is 183 Å². The number of carbonyl (C=O) groups excluding carboxylic acids is 2. The fraction of sp³-hybridized carbons (Fsp3) is 0.227. The maximum atomic E-state index is 12.9. The first-order valence-corrected chi connectivity index (χ1v) is 10.6. The molecule has 0 saturated carbocycles. The van der Waals surface area contributed by atoms with E-state index in [4.69, 9.17) is 0 Å². The van der Waals surface area contributed by atoms with Crippen LogP contribution in [0.2, 0.25) is 0 Å². The Balaban J connectivity index is 1.71. The van der Waals surface area contributed by atoms with Crippen LogP contribution < -0.4 is 5.32 Å². The highest BCUT2D eigenvalue weighted by molar-refractivity contribution is 7.14. The van der Waals surface area contributed by atoms with E-state index in [2.05, 4.69) is 10.3 Å². The largest absolute Gasteiger partial charge is 0.329 e. The smallest absolute Gasteiger partial charge is 0.270 e. The fourth-order valence-electron chi connectivity index (χ4n) is 3.00. The molecule has 0 atom stereocenters. The Morgan fingerprint density at radius 2 is 1.90 bits per heavy atom. The van der Waals surface area contributed by atoms with Crippen LogP contribution in [0, 0.1) is 16.0 Å². The van der Waals surface area contributed by atoms with Gasteiger partial charge in [-0.05, 0) is 12.0 Å². The van der Waals surface area contributed by atoms with E-state index in [0.717, 1.165) is 11.3 Å². The zero-order chi connectivity index (χ0) is 22.4. The van der Waals surface area contributed by atoms with E-state index in [1.165, 1.54) is 40.5 Å². The molecule has 1 heterocycles. The minimum Gasteiger partial charge on any atom is -0.329 e. The molecule has 0 saturated heterocycles. The summed E-state index contributed by atoms with van der Waals surface area (Å²) in [5.74, 6) is -0.704. The molecule has 2 amide bonds. The zero-order valence-electron chi connectivity index (χ0n) is 17.1. The summed E-state index contributed by atoms with van der Waals surface area (Å²) >= 11 is 1.30. The highest BCUT2D eigenvalue weighted by atomic mass is 32.1. The molecule has 9 heteroatoms. The zero-order valence-corrected chi connectivity index (χ0v) is 18.0. The molecular weight excluding hydrogens is 416 g/mol. The Morgan fingerprint density at radius 3 is 2.58 bits per heavy atom. The first-order valence-electron chi connectivity index (χ1n) is 9.68. The van der Waals surface area contributed by atoms with E-state index >= 15 is 0 Å². The van der Waals surface area contributed by atoms with Crippen molar-refractivity contribution in [2.45, 2.75) is 13.8 Å². The molecule has 31 heavy (non-hydrogen) atoms. The van der Waals surface area contributed by atoms with Crippen LogP contribution in [-0.2, 0) is 4.79 Å². The highest BCUT2D eigenvalue weighted by Crippen LogP contribution is 2.24. The summed E-state index contributed by atoms with van der Waals surface area (Å²) < 4.78 is 0. The molecule has 0 fully saturated rings. The molecule has 0 aliphatic rings. The molecule has 0 aliphatic carbocycles. The standard InChI is InChI=1S/C22H22N4O4S/c1-15(2)12-25(21(28)17-9-6-10-18(11-17)26(29)30)13-20(27)24-22-23-19(14-31-22)16-7-4-3-5-8-16/h3-11,14-15H,12-13H2,1-2H3,(H,23,24,27). The van der Waals surface area contributed by atoms with Crippen LogP contribution in [0.4, 0.5) is 10.8 Å². The van der Waals surface area contributed by atoms with E-state index in [9.17, 15) is 19.7 Å². The van der Waals surface area contributed by atoms with E-state index < -0.39 is 10.8 Å². The molecule has 2 aromatic carbocycles. The maximum absolute atomic E-state index is 12.9. The number of carbonyl (C=O) groups is 2. The first-order chi connectivity index (χ1) is 14.8. The molecule has 0 spiro atoms. The van der Waals surface area contributed by atoms with Gasteiger partial charge >= 0.3 is 0 Å². The SMILES string of the molecule is CC(C)CN(CC(=O)Nc1nc(-c2ccccc2)cs1)C(=O)c1cccc([N+](=O)[O-])c1. The maximum Gasteiger partial charge on any atom is 0.270 e. The molecule has 1 aromatic heterocycles. The van der Waals surface area contributed by atoms with Crippen molar-refractivity contribution in [3.05, 3.63) is 75.7 Å². The number of nitrogens with one attached hydrogen (secondary N) is 1. The van der Waals surface area contributed by atoms with Crippen LogP contribution >= 0.6 is 11.3 Å². The van der Waals surface area contributed by atoms with Crippen molar-refractivity contribution in [1.82, 2.24) is 9.88 Å². The molecule has 3 aromatic rings.